The Morgan fingerprint density at radius 2 is 2.00 bits per heavy atom. The van der Waals surface area contributed by atoms with Gasteiger partial charge in [0.05, 0.1) is 13.0 Å². The highest BCUT2D eigenvalue weighted by atomic mass is 19.4. The van der Waals surface area contributed by atoms with Crippen molar-refractivity contribution < 1.29 is 22.7 Å². The maximum absolute atomic E-state index is 11.8. The zero-order valence-corrected chi connectivity index (χ0v) is 10.6. The van der Waals surface area contributed by atoms with Gasteiger partial charge in [-0.3, -0.25) is 4.79 Å². The number of hydrogen-bond acceptors (Lipinski definition) is 2. The van der Waals surface area contributed by atoms with Crippen molar-refractivity contribution in [1.29, 1.82) is 0 Å². The quantitative estimate of drug-likeness (QED) is 0.810. The Kier molecular flexibility index (Phi) is 5.82. The Bertz CT molecular complexity index is 419. The maximum Gasteiger partial charge on any atom is 0.411 e. The average molecular weight is 275 g/mol. The third-order valence-corrected chi connectivity index (χ3v) is 2.41. The van der Waals surface area contributed by atoms with Gasteiger partial charge >= 0.3 is 6.18 Å². The molecule has 0 atom stereocenters. The average Bonchev–Trinajstić information content (AvgIpc) is 2.34. The van der Waals surface area contributed by atoms with Crippen molar-refractivity contribution in [3.8, 4) is 0 Å². The molecule has 106 valence electrons. The summed E-state index contributed by atoms with van der Waals surface area (Å²) in [5, 5.41) is 2.66. The summed E-state index contributed by atoms with van der Waals surface area (Å²) >= 11 is 0. The van der Waals surface area contributed by atoms with E-state index in [0.717, 1.165) is 12.0 Å². The summed E-state index contributed by atoms with van der Waals surface area (Å²) < 4.78 is 39.8. The van der Waals surface area contributed by atoms with E-state index in [-0.39, 0.29) is 18.9 Å². The predicted octanol–water partition coefficient (Wildman–Crippen LogP) is 3.16. The summed E-state index contributed by atoms with van der Waals surface area (Å²) in [6, 6.07) is 7.29. The normalized spacial score (nSPS) is 11.4. The molecule has 0 heterocycles. The molecule has 0 saturated carbocycles. The molecule has 0 aliphatic rings. The molecule has 6 heteroatoms. The van der Waals surface area contributed by atoms with Crippen LogP contribution >= 0.6 is 0 Å². The van der Waals surface area contributed by atoms with E-state index in [1.807, 2.05) is 19.1 Å². The standard InChI is InChI=1S/C13H16F3NO2/c1-2-10-5-3-4-6-11(10)17-12(18)7-8-19-9-13(14,15)16/h3-6H,2,7-9H2,1H3,(H,17,18). The minimum absolute atomic E-state index is 0.103. The molecule has 1 aromatic rings. The number of amides is 1. The van der Waals surface area contributed by atoms with Gasteiger partial charge in [0.2, 0.25) is 5.91 Å². The fourth-order valence-electron chi connectivity index (χ4n) is 1.52. The van der Waals surface area contributed by atoms with Gasteiger partial charge in [-0.1, -0.05) is 25.1 Å². The highest BCUT2D eigenvalue weighted by Crippen LogP contribution is 2.16. The number of carbonyl (C=O) groups is 1. The van der Waals surface area contributed by atoms with Crippen LogP contribution in [-0.4, -0.2) is 25.3 Å². The summed E-state index contributed by atoms with van der Waals surface area (Å²) in [5.74, 6) is -0.358. The molecule has 19 heavy (non-hydrogen) atoms. The number of carbonyl (C=O) groups excluding carboxylic acids is 1. The molecule has 1 amide bonds. The SMILES string of the molecule is CCc1ccccc1NC(=O)CCOCC(F)(F)F. The van der Waals surface area contributed by atoms with Crippen LogP contribution in [0.3, 0.4) is 0 Å². The fourth-order valence-corrected chi connectivity index (χ4v) is 1.52. The first-order valence-electron chi connectivity index (χ1n) is 5.94. The lowest BCUT2D eigenvalue weighted by molar-refractivity contribution is -0.174. The monoisotopic (exact) mass is 275 g/mol. The van der Waals surface area contributed by atoms with Gasteiger partial charge in [0.25, 0.3) is 0 Å². The number of nitrogens with one attached hydrogen (secondary N) is 1. The number of hydrogen-bond donors (Lipinski definition) is 1. The van der Waals surface area contributed by atoms with Crippen molar-refractivity contribution in [3.05, 3.63) is 29.8 Å². The number of alkyl halides is 3. The smallest absolute Gasteiger partial charge is 0.372 e. The van der Waals surface area contributed by atoms with Gasteiger partial charge in [0.1, 0.15) is 6.61 Å². The van der Waals surface area contributed by atoms with E-state index < -0.39 is 12.8 Å². The number of ether oxygens (including phenoxy) is 1. The van der Waals surface area contributed by atoms with E-state index in [0.29, 0.717) is 5.69 Å². The van der Waals surface area contributed by atoms with Crippen LogP contribution in [0.2, 0.25) is 0 Å². The second-order valence-corrected chi connectivity index (χ2v) is 3.98. The highest BCUT2D eigenvalue weighted by molar-refractivity contribution is 5.91. The summed E-state index contributed by atoms with van der Waals surface area (Å²) in [7, 11) is 0. The summed E-state index contributed by atoms with van der Waals surface area (Å²) in [5.41, 5.74) is 1.66. The van der Waals surface area contributed by atoms with Crippen molar-refractivity contribution in [3.63, 3.8) is 0 Å². The van der Waals surface area contributed by atoms with Crippen molar-refractivity contribution >= 4 is 11.6 Å². The lowest BCUT2D eigenvalue weighted by Gasteiger charge is -2.10. The Morgan fingerprint density at radius 1 is 1.32 bits per heavy atom. The fraction of sp³-hybridized carbons (Fsp3) is 0.462. The molecule has 3 nitrogen and oxygen atoms in total. The van der Waals surface area contributed by atoms with Crippen molar-refractivity contribution in [2.45, 2.75) is 25.9 Å². The minimum atomic E-state index is -4.36. The molecule has 0 aliphatic carbocycles. The van der Waals surface area contributed by atoms with Crippen molar-refractivity contribution in [1.82, 2.24) is 0 Å². The van der Waals surface area contributed by atoms with Crippen LogP contribution < -0.4 is 5.32 Å². The number of rotatable bonds is 6. The molecule has 1 rings (SSSR count). The third-order valence-electron chi connectivity index (χ3n) is 2.41. The number of para-hydroxylation sites is 1. The van der Waals surface area contributed by atoms with Crippen LogP contribution in [0, 0.1) is 0 Å². The first-order valence-corrected chi connectivity index (χ1v) is 5.94. The summed E-state index contributed by atoms with van der Waals surface area (Å²) in [6.07, 6.45) is -3.69. The molecule has 0 radical (unpaired) electrons. The first kappa shape index (κ1) is 15.5. The highest BCUT2D eigenvalue weighted by Gasteiger charge is 2.27. The Morgan fingerprint density at radius 3 is 2.63 bits per heavy atom. The molecule has 0 bridgehead atoms. The van der Waals surface area contributed by atoms with Crippen molar-refractivity contribution in [2.75, 3.05) is 18.5 Å². The minimum Gasteiger partial charge on any atom is -0.372 e. The van der Waals surface area contributed by atoms with Gasteiger partial charge in [0.15, 0.2) is 0 Å². The molecule has 1 N–H and O–H groups in total. The number of anilines is 1. The largest absolute Gasteiger partial charge is 0.411 e. The van der Waals surface area contributed by atoms with Gasteiger partial charge in [-0.15, -0.1) is 0 Å². The van der Waals surface area contributed by atoms with E-state index in [2.05, 4.69) is 10.1 Å². The molecule has 0 aliphatic heterocycles. The molecule has 1 aromatic carbocycles. The second kappa shape index (κ2) is 7.13. The maximum atomic E-state index is 11.8. The van der Waals surface area contributed by atoms with Gasteiger partial charge in [-0.05, 0) is 18.1 Å². The van der Waals surface area contributed by atoms with Crippen molar-refractivity contribution in [2.24, 2.45) is 0 Å². The van der Waals surface area contributed by atoms with Gasteiger partial charge in [0, 0.05) is 5.69 Å². The second-order valence-electron chi connectivity index (χ2n) is 3.98. The van der Waals surface area contributed by atoms with Crippen LogP contribution in [0.15, 0.2) is 24.3 Å². The summed E-state index contributed by atoms with van der Waals surface area (Å²) in [6.45, 7) is 0.378. The van der Waals surface area contributed by atoms with Crippen LogP contribution in [0.4, 0.5) is 18.9 Å². The third kappa shape index (κ3) is 6.24. The Balaban J connectivity index is 2.35. The number of benzene rings is 1. The van der Waals surface area contributed by atoms with Crippen LogP contribution in [0.1, 0.15) is 18.9 Å². The van der Waals surface area contributed by atoms with Crippen LogP contribution in [0.25, 0.3) is 0 Å². The number of halogens is 3. The molecule has 0 spiro atoms. The van der Waals surface area contributed by atoms with Gasteiger partial charge < -0.3 is 10.1 Å². The Labute approximate surface area is 109 Å². The van der Waals surface area contributed by atoms with Gasteiger partial charge in [-0.2, -0.15) is 13.2 Å². The number of aryl methyl sites for hydroxylation is 1. The predicted molar refractivity (Wildman–Crippen MR) is 65.9 cm³/mol. The Hall–Kier alpha value is -1.56. The van der Waals surface area contributed by atoms with Crippen LogP contribution in [0.5, 0.6) is 0 Å². The molecule has 0 saturated heterocycles. The van der Waals surface area contributed by atoms with Crippen LogP contribution in [-0.2, 0) is 16.0 Å². The first-order chi connectivity index (χ1) is 8.92. The zero-order valence-electron chi connectivity index (χ0n) is 10.6. The molecular weight excluding hydrogens is 259 g/mol. The zero-order chi connectivity index (χ0) is 14.3. The molecular formula is C13H16F3NO2. The van der Waals surface area contributed by atoms with E-state index in [1.54, 1.807) is 12.1 Å². The lowest BCUT2D eigenvalue weighted by atomic mass is 10.1. The van der Waals surface area contributed by atoms with E-state index in [1.165, 1.54) is 0 Å². The summed E-state index contributed by atoms with van der Waals surface area (Å²) in [4.78, 5) is 11.5. The lowest BCUT2D eigenvalue weighted by Crippen LogP contribution is -2.20. The molecule has 0 unspecified atom stereocenters. The molecule has 0 aromatic heterocycles. The van der Waals surface area contributed by atoms with E-state index in [4.69, 9.17) is 0 Å². The topological polar surface area (TPSA) is 38.3 Å². The van der Waals surface area contributed by atoms with E-state index in [9.17, 15) is 18.0 Å². The molecule has 0 fully saturated rings. The van der Waals surface area contributed by atoms with E-state index >= 15 is 0 Å². The van der Waals surface area contributed by atoms with Gasteiger partial charge in [-0.25, -0.2) is 0 Å².